The maximum Gasteiger partial charge on any atom is 0.224 e. The van der Waals surface area contributed by atoms with Crippen molar-refractivity contribution in [3.05, 3.63) is 65.7 Å². The van der Waals surface area contributed by atoms with E-state index in [0.717, 1.165) is 16.9 Å². The van der Waals surface area contributed by atoms with Crippen LogP contribution in [0.25, 0.3) is 0 Å². The van der Waals surface area contributed by atoms with Gasteiger partial charge in [-0.1, -0.05) is 42.5 Å². The number of hydrogen-bond acceptors (Lipinski definition) is 3. The molecule has 0 aliphatic carbocycles. The van der Waals surface area contributed by atoms with Gasteiger partial charge in [0.05, 0.1) is 19.1 Å². The van der Waals surface area contributed by atoms with Crippen LogP contribution in [0.2, 0.25) is 0 Å². The number of rotatable bonds is 8. The first-order valence-electron chi connectivity index (χ1n) is 7.90. The Hall–Kier alpha value is -2.33. The number of aliphatic hydroxyl groups is 1. The summed E-state index contributed by atoms with van der Waals surface area (Å²) in [6, 6.07) is 17.1. The predicted octanol–water partition coefficient (Wildman–Crippen LogP) is 2.87. The number of ether oxygens (including phenoxy) is 1. The summed E-state index contributed by atoms with van der Waals surface area (Å²) >= 11 is 0. The van der Waals surface area contributed by atoms with Gasteiger partial charge in [-0.15, -0.1) is 0 Å². The Bertz CT molecular complexity index is 613. The molecule has 0 heterocycles. The van der Waals surface area contributed by atoms with E-state index < -0.39 is 0 Å². The zero-order chi connectivity index (χ0) is 16.5. The van der Waals surface area contributed by atoms with Gasteiger partial charge < -0.3 is 15.2 Å². The highest BCUT2D eigenvalue weighted by atomic mass is 16.5. The molecule has 2 N–H and O–H groups in total. The summed E-state index contributed by atoms with van der Waals surface area (Å²) in [5, 5.41) is 12.2. The Morgan fingerprint density at radius 3 is 2.65 bits per heavy atom. The number of hydrogen-bond donors (Lipinski definition) is 2. The molecule has 0 radical (unpaired) electrons. The van der Waals surface area contributed by atoms with Crippen LogP contribution in [0.1, 0.15) is 30.5 Å². The van der Waals surface area contributed by atoms with E-state index in [9.17, 15) is 9.90 Å². The minimum Gasteiger partial charge on any atom is -0.494 e. The fraction of sp³-hybridized carbons (Fsp3) is 0.316. The Morgan fingerprint density at radius 2 is 1.96 bits per heavy atom. The van der Waals surface area contributed by atoms with Crippen LogP contribution in [-0.4, -0.2) is 24.2 Å². The van der Waals surface area contributed by atoms with Gasteiger partial charge in [-0.3, -0.25) is 4.79 Å². The summed E-state index contributed by atoms with van der Waals surface area (Å²) in [5.41, 5.74) is 1.90. The fourth-order valence-electron chi connectivity index (χ4n) is 2.48. The minimum absolute atomic E-state index is 0.0274. The van der Waals surface area contributed by atoms with Crippen LogP contribution in [0.4, 0.5) is 0 Å². The minimum atomic E-state index is -0.177. The number of carbonyl (C=O) groups is 1. The summed E-state index contributed by atoms with van der Waals surface area (Å²) in [4.78, 5) is 12.3. The zero-order valence-corrected chi connectivity index (χ0v) is 13.4. The maximum atomic E-state index is 12.3. The molecule has 0 saturated heterocycles. The lowest BCUT2D eigenvalue weighted by molar-refractivity contribution is -0.121. The summed E-state index contributed by atoms with van der Waals surface area (Å²) in [6.45, 7) is 2.56. The Morgan fingerprint density at radius 1 is 1.17 bits per heavy atom. The molecule has 23 heavy (non-hydrogen) atoms. The van der Waals surface area contributed by atoms with Crippen molar-refractivity contribution in [2.45, 2.75) is 25.8 Å². The monoisotopic (exact) mass is 313 g/mol. The zero-order valence-electron chi connectivity index (χ0n) is 13.4. The van der Waals surface area contributed by atoms with Crippen LogP contribution in [0, 0.1) is 0 Å². The van der Waals surface area contributed by atoms with E-state index in [1.165, 1.54) is 0 Å². The maximum absolute atomic E-state index is 12.3. The van der Waals surface area contributed by atoms with Crippen LogP contribution in [0.5, 0.6) is 5.75 Å². The number of aliphatic hydroxyl groups excluding tert-OH is 1. The first-order valence-corrected chi connectivity index (χ1v) is 7.90. The summed E-state index contributed by atoms with van der Waals surface area (Å²) < 4.78 is 5.45. The molecule has 0 aromatic heterocycles. The van der Waals surface area contributed by atoms with Gasteiger partial charge in [-0.2, -0.15) is 0 Å². The van der Waals surface area contributed by atoms with Gasteiger partial charge in [0.25, 0.3) is 0 Å². The van der Waals surface area contributed by atoms with Gasteiger partial charge in [-0.25, -0.2) is 0 Å². The lowest BCUT2D eigenvalue weighted by Gasteiger charge is -2.18. The van der Waals surface area contributed by atoms with Crippen molar-refractivity contribution in [3.8, 4) is 5.75 Å². The topological polar surface area (TPSA) is 58.6 Å². The number of amides is 1. The molecule has 2 aromatic carbocycles. The second kappa shape index (κ2) is 8.96. The van der Waals surface area contributed by atoms with Crippen molar-refractivity contribution in [2.24, 2.45) is 0 Å². The van der Waals surface area contributed by atoms with E-state index in [0.29, 0.717) is 13.0 Å². The van der Waals surface area contributed by atoms with Crippen molar-refractivity contribution in [3.63, 3.8) is 0 Å². The van der Waals surface area contributed by atoms with Crippen molar-refractivity contribution in [1.82, 2.24) is 5.32 Å². The van der Waals surface area contributed by atoms with E-state index in [1.54, 1.807) is 0 Å². The van der Waals surface area contributed by atoms with Crippen LogP contribution in [-0.2, 0) is 11.2 Å². The normalized spacial score (nSPS) is 11.7. The molecule has 0 saturated carbocycles. The van der Waals surface area contributed by atoms with Crippen molar-refractivity contribution in [1.29, 1.82) is 0 Å². The number of benzene rings is 2. The molecule has 4 nitrogen and oxygen atoms in total. The number of carbonyl (C=O) groups excluding carboxylic acids is 1. The molecule has 1 amide bonds. The van der Waals surface area contributed by atoms with E-state index in [2.05, 4.69) is 5.32 Å². The van der Waals surface area contributed by atoms with E-state index in [-0.39, 0.29) is 25.0 Å². The molecule has 4 heteroatoms. The average molecular weight is 313 g/mol. The molecular weight excluding hydrogens is 290 g/mol. The van der Waals surface area contributed by atoms with Gasteiger partial charge in [0.1, 0.15) is 5.75 Å². The van der Waals surface area contributed by atoms with E-state index in [4.69, 9.17) is 4.74 Å². The first kappa shape index (κ1) is 17.0. The quantitative estimate of drug-likeness (QED) is 0.788. The molecular formula is C19H23NO3. The first-order chi connectivity index (χ1) is 11.2. The smallest absolute Gasteiger partial charge is 0.224 e. The van der Waals surface area contributed by atoms with E-state index >= 15 is 0 Å². The SMILES string of the molecule is CCOc1cccc(CC(=O)NC(CCO)c2ccccc2)c1. The van der Waals surface area contributed by atoms with Crippen molar-refractivity contribution >= 4 is 5.91 Å². The van der Waals surface area contributed by atoms with Crippen molar-refractivity contribution < 1.29 is 14.6 Å². The molecule has 1 unspecified atom stereocenters. The van der Waals surface area contributed by atoms with Crippen molar-refractivity contribution in [2.75, 3.05) is 13.2 Å². The molecule has 0 aliphatic heterocycles. The summed E-state index contributed by atoms with van der Waals surface area (Å²) in [5.74, 6) is 0.703. The van der Waals surface area contributed by atoms with Crippen LogP contribution in [0.15, 0.2) is 54.6 Å². The van der Waals surface area contributed by atoms with Crippen LogP contribution in [0.3, 0.4) is 0 Å². The highest BCUT2D eigenvalue weighted by molar-refractivity contribution is 5.79. The van der Waals surface area contributed by atoms with Gasteiger partial charge >= 0.3 is 0 Å². The molecule has 0 aliphatic rings. The highest BCUT2D eigenvalue weighted by Gasteiger charge is 2.14. The highest BCUT2D eigenvalue weighted by Crippen LogP contribution is 2.17. The molecule has 0 fully saturated rings. The third-order valence-corrected chi connectivity index (χ3v) is 3.53. The molecule has 2 rings (SSSR count). The van der Waals surface area contributed by atoms with Gasteiger partial charge in [-0.05, 0) is 36.6 Å². The fourth-order valence-corrected chi connectivity index (χ4v) is 2.48. The lowest BCUT2D eigenvalue weighted by atomic mass is 10.0. The molecule has 2 aromatic rings. The molecule has 122 valence electrons. The largest absolute Gasteiger partial charge is 0.494 e. The second-order valence-electron chi connectivity index (χ2n) is 5.30. The summed E-state index contributed by atoms with van der Waals surface area (Å²) in [6.07, 6.45) is 0.782. The second-order valence-corrected chi connectivity index (χ2v) is 5.30. The standard InChI is InChI=1S/C19H23NO3/c1-2-23-17-10-6-7-15(13-17)14-19(22)20-18(11-12-21)16-8-4-3-5-9-16/h3-10,13,18,21H,2,11-12,14H2,1H3,(H,20,22). The van der Waals surface area contributed by atoms with Gasteiger partial charge in [0, 0.05) is 6.61 Å². The lowest BCUT2D eigenvalue weighted by Crippen LogP contribution is -2.30. The third-order valence-electron chi connectivity index (χ3n) is 3.53. The molecule has 0 spiro atoms. The summed E-state index contributed by atoms with van der Waals surface area (Å²) in [7, 11) is 0. The Labute approximate surface area is 137 Å². The molecule has 1 atom stereocenters. The van der Waals surface area contributed by atoms with Crippen LogP contribution >= 0.6 is 0 Å². The van der Waals surface area contributed by atoms with Gasteiger partial charge in [0.15, 0.2) is 0 Å². The third kappa shape index (κ3) is 5.42. The average Bonchev–Trinajstić information content (AvgIpc) is 2.56. The van der Waals surface area contributed by atoms with Gasteiger partial charge in [0.2, 0.25) is 5.91 Å². The van der Waals surface area contributed by atoms with Crippen LogP contribution < -0.4 is 10.1 Å². The number of nitrogens with one attached hydrogen (secondary N) is 1. The Kier molecular flexibility index (Phi) is 6.63. The molecule has 0 bridgehead atoms. The Balaban J connectivity index is 2.00. The van der Waals surface area contributed by atoms with E-state index in [1.807, 2.05) is 61.5 Å². The predicted molar refractivity (Wildman–Crippen MR) is 90.3 cm³/mol.